The van der Waals surface area contributed by atoms with Crippen molar-refractivity contribution in [3.63, 3.8) is 0 Å². The molecule has 0 saturated carbocycles. The predicted molar refractivity (Wildman–Crippen MR) is 82.8 cm³/mol. The van der Waals surface area contributed by atoms with Crippen LogP contribution in [-0.2, 0) is 0 Å². The molecule has 1 N–H and O–H groups in total. The minimum Gasteiger partial charge on any atom is -0.380 e. The molecular weight excluding hydrogens is 234 g/mol. The molecule has 1 unspecified atom stereocenters. The maximum atomic E-state index is 4.57. The van der Waals surface area contributed by atoms with Crippen molar-refractivity contribution in [1.82, 2.24) is 4.98 Å². The number of aromatic nitrogens is 1. The van der Waals surface area contributed by atoms with Crippen molar-refractivity contribution in [1.29, 1.82) is 0 Å². The summed E-state index contributed by atoms with van der Waals surface area (Å²) in [6.45, 7) is 9.13. The number of nitrogens with one attached hydrogen (secondary N) is 1. The lowest BCUT2D eigenvalue weighted by atomic mass is 10.0. The highest BCUT2D eigenvalue weighted by Gasteiger charge is 2.17. The van der Waals surface area contributed by atoms with Gasteiger partial charge in [-0.05, 0) is 50.7 Å². The Hall–Kier alpha value is -1.25. The summed E-state index contributed by atoms with van der Waals surface area (Å²) < 4.78 is 0. The highest BCUT2D eigenvalue weighted by molar-refractivity contribution is 5.66. The van der Waals surface area contributed by atoms with Gasteiger partial charge in [-0.15, -0.1) is 0 Å². The Labute approximate surface area is 117 Å². The number of hydrogen-bond acceptors (Lipinski definition) is 3. The summed E-state index contributed by atoms with van der Waals surface area (Å²) in [5.74, 6) is 1.91. The lowest BCUT2D eigenvalue weighted by Gasteiger charge is -2.23. The first-order chi connectivity index (χ1) is 9.16. The Bertz CT molecular complexity index is 383. The lowest BCUT2D eigenvalue weighted by Crippen LogP contribution is -2.23. The van der Waals surface area contributed by atoms with E-state index in [2.05, 4.69) is 42.0 Å². The number of nitrogens with zero attached hydrogens (tertiary/aromatic N) is 2. The Morgan fingerprint density at radius 1 is 1.21 bits per heavy atom. The Kier molecular flexibility index (Phi) is 5.06. The van der Waals surface area contributed by atoms with Gasteiger partial charge in [-0.1, -0.05) is 13.8 Å². The highest BCUT2D eigenvalue weighted by atomic mass is 15.2. The molecule has 2 heterocycles. The molecule has 1 fully saturated rings. The number of anilines is 2. The summed E-state index contributed by atoms with van der Waals surface area (Å²) in [5, 5.41) is 3.64. The average Bonchev–Trinajstić information content (AvgIpc) is 2.91. The third-order valence-electron chi connectivity index (χ3n) is 3.77. The molecule has 1 saturated heterocycles. The van der Waals surface area contributed by atoms with E-state index in [0.717, 1.165) is 24.8 Å². The van der Waals surface area contributed by atoms with Crippen LogP contribution in [0.3, 0.4) is 0 Å². The van der Waals surface area contributed by atoms with Crippen molar-refractivity contribution in [3.8, 4) is 0 Å². The largest absolute Gasteiger partial charge is 0.380 e. The zero-order valence-corrected chi connectivity index (χ0v) is 12.5. The molecule has 2 rings (SSSR count). The van der Waals surface area contributed by atoms with Crippen LogP contribution in [0.2, 0.25) is 0 Å². The van der Waals surface area contributed by atoms with Gasteiger partial charge in [0.2, 0.25) is 0 Å². The molecular formula is C16H27N3. The van der Waals surface area contributed by atoms with Gasteiger partial charge in [0, 0.05) is 25.3 Å². The molecule has 1 aromatic heterocycles. The van der Waals surface area contributed by atoms with Crippen LogP contribution >= 0.6 is 0 Å². The normalized spacial score (nSPS) is 16.9. The van der Waals surface area contributed by atoms with E-state index in [9.17, 15) is 0 Å². The minimum absolute atomic E-state index is 0.507. The van der Waals surface area contributed by atoms with E-state index >= 15 is 0 Å². The average molecular weight is 261 g/mol. The van der Waals surface area contributed by atoms with Crippen LogP contribution in [0, 0.1) is 5.92 Å². The first-order valence-corrected chi connectivity index (χ1v) is 7.63. The van der Waals surface area contributed by atoms with Crippen LogP contribution < -0.4 is 10.2 Å². The van der Waals surface area contributed by atoms with E-state index in [1.807, 2.05) is 12.3 Å². The van der Waals surface area contributed by atoms with E-state index < -0.39 is 0 Å². The number of rotatable bonds is 6. The van der Waals surface area contributed by atoms with Gasteiger partial charge in [-0.2, -0.15) is 0 Å². The van der Waals surface area contributed by atoms with E-state index in [1.165, 1.54) is 31.4 Å². The van der Waals surface area contributed by atoms with Crippen molar-refractivity contribution in [3.05, 3.63) is 18.3 Å². The molecule has 0 aromatic carbocycles. The summed E-state index contributed by atoms with van der Waals surface area (Å²) in [6.07, 6.45) is 6.97. The Balaban J connectivity index is 1.99. The molecule has 0 amide bonds. The van der Waals surface area contributed by atoms with Crippen molar-refractivity contribution < 1.29 is 0 Å². The van der Waals surface area contributed by atoms with E-state index in [4.69, 9.17) is 0 Å². The van der Waals surface area contributed by atoms with Gasteiger partial charge in [0.25, 0.3) is 0 Å². The van der Waals surface area contributed by atoms with Gasteiger partial charge < -0.3 is 10.2 Å². The first kappa shape index (κ1) is 14.2. The third-order valence-corrected chi connectivity index (χ3v) is 3.77. The van der Waals surface area contributed by atoms with Crippen LogP contribution in [0.1, 0.15) is 46.5 Å². The SMILES string of the molecule is CC(C)CCC(C)Nc1cccnc1N1CCCC1. The molecule has 0 bridgehead atoms. The van der Waals surface area contributed by atoms with Crippen molar-refractivity contribution >= 4 is 11.5 Å². The predicted octanol–water partition coefficient (Wildman–Crippen LogP) is 3.92. The molecule has 1 aliphatic rings. The fourth-order valence-electron chi connectivity index (χ4n) is 2.61. The zero-order chi connectivity index (χ0) is 13.7. The van der Waals surface area contributed by atoms with Gasteiger partial charge in [-0.3, -0.25) is 0 Å². The quantitative estimate of drug-likeness (QED) is 0.841. The van der Waals surface area contributed by atoms with Gasteiger partial charge in [-0.25, -0.2) is 4.98 Å². The molecule has 0 spiro atoms. The van der Waals surface area contributed by atoms with Gasteiger partial charge in [0.05, 0.1) is 5.69 Å². The molecule has 0 aliphatic carbocycles. The fourth-order valence-corrected chi connectivity index (χ4v) is 2.61. The maximum Gasteiger partial charge on any atom is 0.151 e. The van der Waals surface area contributed by atoms with Crippen LogP contribution in [0.4, 0.5) is 11.5 Å². The molecule has 19 heavy (non-hydrogen) atoms. The number of hydrogen-bond donors (Lipinski definition) is 1. The van der Waals surface area contributed by atoms with Gasteiger partial charge >= 0.3 is 0 Å². The van der Waals surface area contributed by atoms with Crippen molar-refractivity contribution in [2.45, 2.75) is 52.5 Å². The Morgan fingerprint density at radius 3 is 2.63 bits per heavy atom. The molecule has 1 aliphatic heterocycles. The molecule has 1 atom stereocenters. The molecule has 3 heteroatoms. The van der Waals surface area contributed by atoms with Crippen LogP contribution in [0.15, 0.2) is 18.3 Å². The highest BCUT2D eigenvalue weighted by Crippen LogP contribution is 2.27. The lowest BCUT2D eigenvalue weighted by molar-refractivity contribution is 0.527. The summed E-state index contributed by atoms with van der Waals surface area (Å²) in [5.41, 5.74) is 1.20. The van der Waals surface area contributed by atoms with Crippen LogP contribution in [0.25, 0.3) is 0 Å². The van der Waals surface area contributed by atoms with E-state index in [0.29, 0.717) is 6.04 Å². The van der Waals surface area contributed by atoms with Gasteiger partial charge in [0.1, 0.15) is 0 Å². The Morgan fingerprint density at radius 2 is 1.95 bits per heavy atom. The second-order valence-electron chi connectivity index (χ2n) is 6.09. The molecule has 3 nitrogen and oxygen atoms in total. The number of pyridine rings is 1. The zero-order valence-electron chi connectivity index (χ0n) is 12.5. The smallest absolute Gasteiger partial charge is 0.151 e. The minimum atomic E-state index is 0.507. The van der Waals surface area contributed by atoms with E-state index in [-0.39, 0.29) is 0 Å². The fraction of sp³-hybridized carbons (Fsp3) is 0.688. The van der Waals surface area contributed by atoms with Crippen molar-refractivity contribution in [2.75, 3.05) is 23.3 Å². The monoisotopic (exact) mass is 261 g/mol. The summed E-state index contributed by atoms with van der Waals surface area (Å²) in [6, 6.07) is 4.69. The second-order valence-corrected chi connectivity index (χ2v) is 6.09. The van der Waals surface area contributed by atoms with Crippen LogP contribution in [0.5, 0.6) is 0 Å². The van der Waals surface area contributed by atoms with Crippen LogP contribution in [-0.4, -0.2) is 24.1 Å². The van der Waals surface area contributed by atoms with Crippen molar-refractivity contribution in [2.24, 2.45) is 5.92 Å². The standard InChI is InChI=1S/C16H27N3/c1-13(2)8-9-14(3)18-15-7-6-10-17-16(15)19-11-4-5-12-19/h6-7,10,13-14,18H,4-5,8-9,11-12H2,1-3H3. The molecule has 1 aromatic rings. The van der Waals surface area contributed by atoms with Gasteiger partial charge in [0.15, 0.2) is 5.82 Å². The summed E-state index contributed by atoms with van der Waals surface area (Å²) >= 11 is 0. The summed E-state index contributed by atoms with van der Waals surface area (Å²) in [7, 11) is 0. The topological polar surface area (TPSA) is 28.2 Å². The third kappa shape index (κ3) is 4.12. The maximum absolute atomic E-state index is 4.57. The molecule has 106 valence electrons. The summed E-state index contributed by atoms with van der Waals surface area (Å²) in [4.78, 5) is 6.97. The second kappa shape index (κ2) is 6.78. The van der Waals surface area contributed by atoms with E-state index in [1.54, 1.807) is 0 Å². The first-order valence-electron chi connectivity index (χ1n) is 7.63. The molecule has 0 radical (unpaired) electrons.